The van der Waals surface area contributed by atoms with Crippen LogP contribution in [-0.2, 0) is 4.74 Å². The maximum Gasteiger partial charge on any atom is 0.254 e. The maximum absolute atomic E-state index is 12.5. The second kappa shape index (κ2) is 6.89. The summed E-state index contributed by atoms with van der Waals surface area (Å²) in [5.74, 6) is 0.659. The molecule has 114 valence electrons. The number of carbonyl (C=O) groups is 1. The third-order valence-electron chi connectivity index (χ3n) is 3.44. The molecule has 0 unspecified atom stereocenters. The molecule has 1 aromatic carbocycles. The number of morpholine rings is 1. The van der Waals surface area contributed by atoms with Gasteiger partial charge in [0, 0.05) is 29.3 Å². The molecule has 2 heterocycles. The normalized spacial score (nSPS) is 14.7. The van der Waals surface area contributed by atoms with Gasteiger partial charge in [-0.2, -0.15) is 0 Å². The van der Waals surface area contributed by atoms with Gasteiger partial charge in [-0.1, -0.05) is 12.1 Å². The SMILES string of the molecule is O=C(c1ccnc(Nc2ccccc2Br)c1)N1CCOCC1. The van der Waals surface area contributed by atoms with Gasteiger partial charge in [0.1, 0.15) is 5.82 Å². The van der Waals surface area contributed by atoms with Gasteiger partial charge in [0.05, 0.1) is 18.9 Å². The maximum atomic E-state index is 12.5. The van der Waals surface area contributed by atoms with E-state index < -0.39 is 0 Å². The van der Waals surface area contributed by atoms with Crippen molar-refractivity contribution in [1.29, 1.82) is 0 Å². The highest BCUT2D eigenvalue weighted by Gasteiger charge is 2.18. The lowest BCUT2D eigenvalue weighted by Gasteiger charge is -2.26. The van der Waals surface area contributed by atoms with Gasteiger partial charge in [0.2, 0.25) is 0 Å². The van der Waals surface area contributed by atoms with Crippen LogP contribution in [0, 0.1) is 0 Å². The van der Waals surface area contributed by atoms with Crippen molar-refractivity contribution >= 4 is 33.3 Å². The van der Waals surface area contributed by atoms with Crippen LogP contribution >= 0.6 is 15.9 Å². The van der Waals surface area contributed by atoms with Crippen molar-refractivity contribution in [2.45, 2.75) is 0 Å². The van der Waals surface area contributed by atoms with Crippen LogP contribution in [0.25, 0.3) is 0 Å². The first-order chi connectivity index (χ1) is 10.7. The van der Waals surface area contributed by atoms with Gasteiger partial charge < -0.3 is 15.0 Å². The minimum atomic E-state index is 0.0147. The molecule has 22 heavy (non-hydrogen) atoms. The molecule has 1 N–H and O–H groups in total. The van der Waals surface area contributed by atoms with E-state index in [1.54, 1.807) is 23.2 Å². The number of ether oxygens (including phenoxy) is 1. The lowest BCUT2D eigenvalue weighted by atomic mass is 10.2. The van der Waals surface area contributed by atoms with E-state index >= 15 is 0 Å². The van der Waals surface area contributed by atoms with E-state index in [0.29, 0.717) is 37.7 Å². The molecular weight excluding hydrogens is 346 g/mol. The van der Waals surface area contributed by atoms with E-state index in [9.17, 15) is 4.79 Å². The number of hydrogen-bond acceptors (Lipinski definition) is 4. The molecule has 0 bridgehead atoms. The quantitative estimate of drug-likeness (QED) is 0.912. The number of amides is 1. The zero-order valence-corrected chi connectivity index (χ0v) is 13.5. The van der Waals surface area contributed by atoms with Crippen molar-refractivity contribution in [3.63, 3.8) is 0 Å². The number of anilines is 2. The summed E-state index contributed by atoms with van der Waals surface area (Å²) in [5, 5.41) is 3.22. The highest BCUT2D eigenvalue weighted by molar-refractivity contribution is 9.10. The highest BCUT2D eigenvalue weighted by Crippen LogP contribution is 2.24. The van der Waals surface area contributed by atoms with E-state index in [2.05, 4.69) is 26.2 Å². The van der Waals surface area contributed by atoms with Crippen LogP contribution in [0.2, 0.25) is 0 Å². The van der Waals surface area contributed by atoms with E-state index in [0.717, 1.165) is 10.2 Å². The summed E-state index contributed by atoms with van der Waals surface area (Å²) in [6.45, 7) is 2.46. The van der Waals surface area contributed by atoms with E-state index in [1.807, 2.05) is 24.3 Å². The summed E-state index contributed by atoms with van der Waals surface area (Å²) in [4.78, 5) is 18.6. The fourth-order valence-electron chi connectivity index (χ4n) is 2.28. The van der Waals surface area contributed by atoms with E-state index in [1.165, 1.54) is 0 Å². The molecule has 0 atom stereocenters. The number of benzene rings is 1. The second-order valence-electron chi connectivity index (χ2n) is 4.94. The number of hydrogen-bond donors (Lipinski definition) is 1. The zero-order valence-electron chi connectivity index (χ0n) is 12.0. The number of nitrogens with zero attached hydrogens (tertiary/aromatic N) is 2. The highest BCUT2D eigenvalue weighted by atomic mass is 79.9. The molecule has 5 nitrogen and oxygen atoms in total. The van der Waals surface area contributed by atoms with Gasteiger partial charge in [-0.3, -0.25) is 4.79 Å². The van der Waals surface area contributed by atoms with Crippen LogP contribution in [0.4, 0.5) is 11.5 Å². The Morgan fingerprint density at radius 2 is 2.00 bits per heavy atom. The summed E-state index contributed by atoms with van der Waals surface area (Å²) in [6.07, 6.45) is 1.65. The first-order valence-corrected chi connectivity index (χ1v) is 7.88. The average molecular weight is 362 g/mol. The third kappa shape index (κ3) is 3.45. The Bertz CT molecular complexity index is 672. The first-order valence-electron chi connectivity index (χ1n) is 7.09. The van der Waals surface area contributed by atoms with Gasteiger partial charge in [0.15, 0.2) is 0 Å². The van der Waals surface area contributed by atoms with Gasteiger partial charge in [-0.25, -0.2) is 4.98 Å². The average Bonchev–Trinajstić information content (AvgIpc) is 2.57. The fourth-order valence-corrected chi connectivity index (χ4v) is 2.67. The molecule has 0 radical (unpaired) electrons. The monoisotopic (exact) mass is 361 g/mol. The molecule has 6 heteroatoms. The number of pyridine rings is 1. The van der Waals surface area contributed by atoms with E-state index in [-0.39, 0.29) is 5.91 Å². The van der Waals surface area contributed by atoms with Crippen LogP contribution in [0.5, 0.6) is 0 Å². The summed E-state index contributed by atoms with van der Waals surface area (Å²) in [6, 6.07) is 11.3. The molecule has 0 saturated carbocycles. The first kappa shape index (κ1) is 15.0. The number of carbonyl (C=O) groups excluding carboxylic acids is 1. The van der Waals surface area contributed by atoms with Crippen molar-refractivity contribution in [3.05, 3.63) is 52.6 Å². The molecular formula is C16H16BrN3O2. The minimum Gasteiger partial charge on any atom is -0.378 e. The number of rotatable bonds is 3. The Labute approximate surface area is 137 Å². The fraction of sp³-hybridized carbons (Fsp3) is 0.250. The second-order valence-corrected chi connectivity index (χ2v) is 5.79. The van der Waals surface area contributed by atoms with Crippen LogP contribution < -0.4 is 5.32 Å². The van der Waals surface area contributed by atoms with Crippen molar-refractivity contribution in [2.75, 3.05) is 31.6 Å². The number of nitrogens with one attached hydrogen (secondary N) is 1. The van der Waals surface area contributed by atoms with Crippen LogP contribution in [0.3, 0.4) is 0 Å². The lowest BCUT2D eigenvalue weighted by molar-refractivity contribution is 0.0303. The van der Waals surface area contributed by atoms with Gasteiger partial charge >= 0.3 is 0 Å². The predicted octanol–water partition coefficient (Wildman–Crippen LogP) is 3.06. The molecule has 2 aromatic rings. The molecule has 1 amide bonds. The number of aromatic nitrogens is 1. The molecule has 1 aliphatic heterocycles. The van der Waals surface area contributed by atoms with Gasteiger partial charge in [-0.15, -0.1) is 0 Å². The smallest absolute Gasteiger partial charge is 0.254 e. The molecule has 1 saturated heterocycles. The van der Waals surface area contributed by atoms with Gasteiger partial charge in [-0.05, 0) is 40.2 Å². The molecule has 1 aromatic heterocycles. The predicted molar refractivity (Wildman–Crippen MR) is 88.4 cm³/mol. The van der Waals surface area contributed by atoms with E-state index in [4.69, 9.17) is 4.74 Å². The Hall–Kier alpha value is -1.92. The molecule has 1 aliphatic rings. The van der Waals surface area contributed by atoms with Crippen LogP contribution in [0.15, 0.2) is 47.1 Å². The molecule has 0 spiro atoms. The van der Waals surface area contributed by atoms with Crippen molar-refractivity contribution < 1.29 is 9.53 Å². The molecule has 0 aliphatic carbocycles. The standard InChI is InChI=1S/C16H16BrN3O2/c17-13-3-1-2-4-14(13)19-15-11-12(5-6-18-15)16(21)20-7-9-22-10-8-20/h1-6,11H,7-10H2,(H,18,19). The number of para-hydroxylation sites is 1. The van der Waals surface area contributed by atoms with Crippen molar-refractivity contribution in [2.24, 2.45) is 0 Å². The summed E-state index contributed by atoms with van der Waals surface area (Å²) >= 11 is 3.48. The Morgan fingerprint density at radius 3 is 2.77 bits per heavy atom. The lowest BCUT2D eigenvalue weighted by Crippen LogP contribution is -2.40. The Kier molecular flexibility index (Phi) is 4.70. The molecule has 1 fully saturated rings. The van der Waals surface area contributed by atoms with Crippen molar-refractivity contribution in [1.82, 2.24) is 9.88 Å². The van der Waals surface area contributed by atoms with Gasteiger partial charge in [0.25, 0.3) is 5.91 Å². The Balaban J connectivity index is 1.77. The van der Waals surface area contributed by atoms with Crippen LogP contribution in [-0.4, -0.2) is 42.1 Å². The minimum absolute atomic E-state index is 0.0147. The summed E-state index contributed by atoms with van der Waals surface area (Å²) in [5.41, 5.74) is 1.54. The summed E-state index contributed by atoms with van der Waals surface area (Å²) < 4.78 is 6.22. The number of halogens is 1. The topological polar surface area (TPSA) is 54.5 Å². The largest absolute Gasteiger partial charge is 0.378 e. The zero-order chi connectivity index (χ0) is 15.4. The third-order valence-corrected chi connectivity index (χ3v) is 4.13. The Morgan fingerprint density at radius 1 is 1.23 bits per heavy atom. The van der Waals surface area contributed by atoms with Crippen LogP contribution in [0.1, 0.15) is 10.4 Å². The molecule has 3 rings (SSSR count). The van der Waals surface area contributed by atoms with Crippen molar-refractivity contribution in [3.8, 4) is 0 Å². The summed E-state index contributed by atoms with van der Waals surface area (Å²) in [7, 11) is 0.